The molecule has 1 fully saturated rings. The first kappa shape index (κ1) is 13.0. The summed E-state index contributed by atoms with van der Waals surface area (Å²) in [6, 6.07) is 6.79. The second kappa shape index (κ2) is 5.91. The lowest BCUT2D eigenvalue weighted by Crippen LogP contribution is -2.38. The van der Waals surface area contributed by atoms with E-state index in [9.17, 15) is 9.59 Å². The van der Waals surface area contributed by atoms with Gasteiger partial charge in [-0.05, 0) is 12.1 Å². The standard InChI is InChI=1S/C13H15NO3S/c1-17-13(16)11-5-3-2-4-10(11)12(15)14-6-8-18-9-7-14/h2-5H,6-9H2,1H3. The molecule has 1 saturated heterocycles. The molecular formula is C13H15NO3S. The first-order valence-corrected chi connectivity index (χ1v) is 6.94. The van der Waals surface area contributed by atoms with Crippen molar-refractivity contribution in [2.45, 2.75) is 0 Å². The summed E-state index contributed by atoms with van der Waals surface area (Å²) in [6.07, 6.45) is 0. The third-order valence-corrected chi connectivity index (χ3v) is 3.80. The van der Waals surface area contributed by atoms with Crippen LogP contribution in [0, 0.1) is 0 Å². The summed E-state index contributed by atoms with van der Waals surface area (Å²) in [5, 5.41) is 0. The SMILES string of the molecule is COC(=O)c1ccccc1C(=O)N1CCSCC1. The molecule has 1 aliphatic heterocycles. The maximum absolute atomic E-state index is 12.3. The average molecular weight is 265 g/mol. The molecule has 0 unspecified atom stereocenters. The van der Waals surface area contributed by atoms with Crippen molar-refractivity contribution in [3.63, 3.8) is 0 Å². The lowest BCUT2D eigenvalue weighted by molar-refractivity contribution is 0.0591. The highest BCUT2D eigenvalue weighted by molar-refractivity contribution is 7.99. The van der Waals surface area contributed by atoms with E-state index >= 15 is 0 Å². The molecule has 1 aromatic rings. The highest BCUT2D eigenvalue weighted by atomic mass is 32.2. The largest absolute Gasteiger partial charge is 0.465 e. The van der Waals surface area contributed by atoms with E-state index in [4.69, 9.17) is 4.74 Å². The number of benzene rings is 1. The van der Waals surface area contributed by atoms with E-state index in [1.165, 1.54) is 7.11 Å². The third-order valence-electron chi connectivity index (χ3n) is 2.86. The Labute approximate surface area is 110 Å². The quantitative estimate of drug-likeness (QED) is 0.763. The topological polar surface area (TPSA) is 46.6 Å². The number of hydrogen-bond donors (Lipinski definition) is 0. The van der Waals surface area contributed by atoms with Crippen LogP contribution in [0.1, 0.15) is 20.7 Å². The molecule has 0 spiro atoms. The van der Waals surface area contributed by atoms with Gasteiger partial charge in [-0.1, -0.05) is 12.1 Å². The predicted octanol–water partition coefficient (Wildman–Crippen LogP) is 1.66. The van der Waals surface area contributed by atoms with Crippen LogP contribution in [0.3, 0.4) is 0 Å². The molecule has 0 aromatic heterocycles. The van der Waals surface area contributed by atoms with Gasteiger partial charge < -0.3 is 9.64 Å². The third kappa shape index (κ3) is 2.67. The number of carbonyl (C=O) groups excluding carboxylic acids is 2. The van der Waals surface area contributed by atoms with Crippen LogP contribution in [0.25, 0.3) is 0 Å². The van der Waals surface area contributed by atoms with E-state index < -0.39 is 5.97 Å². The van der Waals surface area contributed by atoms with Crippen LogP contribution in [-0.4, -0.2) is 48.5 Å². The van der Waals surface area contributed by atoms with Crippen LogP contribution in [0.4, 0.5) is 0 Å². The van der Waals surface area contributed by atoms with Crippen LogP contribution < -0.4 is 0 Å². The molecule has 0 N–H and O–H groups in total. The van der Waals surface area contributed by atoms with Crippen molar-refractivity contribution >= 4 is 23.6 Å². The van der Waals surface area contributed by atoms with Gasteiger partial charge in [-0.3, -0.25) is 4.79 Å². The van der Waals surface area contributed by atoms with E-state index in [-0.39, 0.29) is 5.91 Å². The van der Waals surface area contributed by atoms with Gasteiger partial charge in [0.1, 0.15) is 0 Å². The first-order chi connectivity index (χ1) is 8.74. The molecule has 1 aromatic carbocycles. The monoisotopic (exact) mass is 265 g/mol. The van der Waals surface area contributed by atoms with Crippen molar-refractivity contribution in [1.82, 2.24) is 4.90 Å². The highest BCUT2D eigenvalue weighted by Crippen LogP contribution is 2.16. The molecule has 5 heteroatoms. The van der Waals surface area contributed by atoms with Crippen LogP contribution in [0.15, 0.2) is 24.3 Å². The number of rotatable bonds is 2. The minimum Gasteiger partial charge on any atom is -0.465 e. The van der Waals surface area contributed by atoms with E-state index in [1.807, 2.05) is 11.8 Å². The molecule has 96 valence electrons. The maximum atomic E-state index is 12.3. The van der Waals surface area contributed by atoms with E-state index in [1.54, 1.807) is 29.2 Å². The van der Waals surface area contributed by atoms with Gasteiger partial charge in [0, 0.05) is 24.6 Å². The Morgan fingerprint density at radius 1 is 1.17 bits per heavy atom. The summed E-state index contributed by atoms with van der Waals surface area (Å²) in [5.41, 5.74) is 0.763. The van der Waals surface area contributed by atoms with E-state index in [0.29, 0.717) is 11.1 Å². The van der Waals surface area contributed by atoms with Crippen molar-refractivity contribution in [2.24, 2.45) is 0 Å². The Morgan fingerprint density at radius 3 is 2.39 bits per heavy atom. The number of thioether (sulfide) groups is 1. The number of nitrogens with zero attached hydrogens (tertiary/aromatic N) is 1. The second-order valence-electron chi connectivity index (χ2n) is 3.94. The van der Waals surface area contributed by atoms with Crippen molar-refractivity contribution in [2.75, 3.05) is 31.7 Å². The van der Waals surface area contributed by atoms with Crippen molar-refractivity contribution in [3.05, 3.63) is 35.4 Å². The lowest BCUT2D eigenvalue weighted by atomic mass is 10.1. The fraction of sp³-hybridized carbons (Fsp3) is 0.385. The summed E-state index contributed by atoms with van der Waals surface area (Å²) in [7, 11) is 1.32. The number of hydrogen-bond acceptors (Lipinski definition) is 4. The molecule has 0 aliphatic carbocycles. The van der Waals surface area contributed by atoms with E-state index in [0.717, 1.165) is 24.6 Å². The molecule has 18 heavy (non-hydrogen) atoms. The molecule has 4 nitrogen and oxygen atoms in total. The number of carbonyl (C=O) groups is 2. The van der Waals surface area contributed by atoms with Gasteiger partial charge in [0.2, 0.25) is 0 Å². The summed E-state index contributed by atoms with van der Waals surface area (Å²) in [6.45, 7) is 1.47. The zero-order valence-electron chi connectivity index (χ0n) is 10.2. The Balaban J connectivity index is 2.26. The van der Waals surface area contributed by atoms with Gasteiger partial charge in [0.05, 0.1) is 18.2 Å². The fourth-order valence-corrected chi connectivity index (χ4v) is 2.80. The Morgan fingerprint density at radius 2 is 1.78 bits per heavy atom. The average Bonchev–Trinajstić information content (AvgIpc) is 2.46. The lowest BCUT2D eigenvalue weighted by Gasteiger charge is -2.27. The number of methoxy groups -OCH3 is 1. The normalized spacial score (nSPS) is 15.3. The van der Waals surface area contributed by atoms with Gasteiger partial charge in [-0.15, -0.1) is 0 Å². The number of ether oxygens (including phenoxy) is 1. The van der Waals surface area contributed by atoms with Gasteiger partial charge in [-0.25, -0.2) is 4.79 Å². The molecule has 0 atom stereocenters. The van der Waals surface area contributed by atoms with Crippen LogP contribution >= 0.6 is 11.8 Å². The zero-order chi connectivity index (χ0) is 13.0. The minimum atomic E-state index is -0.467. The zero-order valence-corrected chi connectivity index (χ0v) is 11.0. The molecule has 1 aliphatic rings. The summed E-state index contributed by atoms with van der Waals surface area (Å²) < 4.78 is 4.70. The molecule has 1 heterocycles. The van der Waals surface area contributed by atoms with Crippen molar-refractivity contribution in [1.29, 1.82) is 0 Å². The maximum Gasteiger partial charge on any atom is 0.338 e. The molecule has 0 radical (unpaired) electrons. The Bertz CT molecular complexity index is 455. The fourth-order valence-electron chi connectivity index (χ4n) is 1.89. The van der Waals surface area contributed by atoms with Crippen molar-refractivity contribution < 1.29 is 14.3 Å². The number of amides is 1. The Kier molecular flexibility index (Phi) is 4.25. The van der Waals surface area contributed by atoms with Crippen LogP contribution in [0.5, 0.6) is 0 Å². The Hall–Kier alpha value is -1.49. The van der Waals surface area contributed by atoms with Crippen LogP contribution in [-0.2, 0) is 4.74 Å². The highest BCUT2D eigenvalue weighted by Gasteiger charge is 2.23. The summed E-state index contributed by atoms with van der Waals surface area (Å²) in [4.78, 5) is 25.8. The van der Waals surface area contributed by atoms with Gasteiger partial charge in [-0.2, -0.15) is 11.8 Å². The molecule has 1 amide bonds. The predicted molar refractivity (Wildman–Crippen MR) is 71.0 cm³/mol. The molecule has 0 bridgehead atoms. The van der Waals surface area contributed by atoms with Crippen molar-refractivity contribution in [3.8, 4) is 0 Å². The summed E-state index contributed by atoms with van der Waals surface area (Å²) in [5.74, 6) is 1.35. The van der Waals surface area contributed by atoms with Gasteiger partial charge >= 0.3 is 5.97 Å². The van der Waals surface area contributed by atoms with Crippen LogP contribution in [0.2, 0.25) is 0 Å². The van der Waals surface area contributed by atoms with E-state index in [2.05, 4.69) is 0 Å². The minimum absolute atomic E-state index is 0.0868. The summed E-state index contributed by atoms with van der Waals surface area (Å²) >= 11 is 1.84. The van der Waals surface area contributed by atoms with Gasteiger partial charge in [0.15, 0.2) is 0 Å². The molecular weight excluding hydrogens is 250 g/mol. The molecule has 2 rings (SSSR count). The first-order valence-electron chi connectivity index (χ1n) is 5.78. The second-order valence-corrected chi connectivity index (χ2v) is 5.17. The smallest absolute Gasteiger partial charge is 0.338 e. The van der Waals surface area contributed by atoms with Gasteiger partial charge in [0.25, 0.3) is 5.91 Å². The number of esters is 1. The molecule has 0 saturated carbocycles.